The van der Waals surface area contributed by atoms with E-state index in [9.17, 15) is 21.6 Å². The van der Waals surface area contributed by atoms with Gasteiger partial charge in [0.1, 0.15) is 5.75 Å². The van der Waals surface area contributed by atoms with Crippen molar-refractivity contribution in [3.05, 3.63) is 18.2 Å². The van der Waals surface area contributed by atoms with E-state index in [1.165, 1.54) is 18.2 Å². The number of nitrogens with zero attached hydrogens (tertiary/aromatic N) is 1. The Morgan fingerprint density at radius 1 is 1.40 bits per heavy atom. The van der Waals surface area contributed by atoms with Crippen LogP contribution in [0.1, 0.15) is 0 Å². The van der Waals surface area contributed by atoms with E-state index in [0.29, 0.717) is 10.2 Å². The van der Waals surface area contributed by atoms with Crippen LogP contribution >= 0.6 is 11.3 Å². The van der Waals surface area contributed by atoms with Gasteiger partial charge in [-0.2, -0.15) is 13.2 Å². The number of sulfonamides is 1. The maximum Gasteiger partial charge on any atom is 0.422 e. The number of ether oxygens (including phenoxy) is 1. The molecule has 0 aliphatic carbocycles. The van der Waals surface area contributed by atoms with Gasteiger partial charge < -0.3 is 4.74 Å². The SMILES string of the molecule is CS(=O)(=O)Nc1nc2ccc(OCC(F)(F)F)cc2s1. The molecule has 1 aromatic heterocycles. The molecule has 10 heteroatoms. The lowest BCUT2D eigenvalue weighted by atomic mass is 10.3. The minimum atomic E-state index is -4.41. The topological polar surface area (TPSA) is 68.3 Å². The molecule has 0 spiro atoms. The first-order valence-electron chi connectivity index (χ1n) is 5.20. The molecular formula is C10H9F3N2O3S2. The van der Waals surface area contributed by atoms with E-state index >= 15 is 0 Å². The highest BCUT2D eigenvalue weighted by atomic mass is 32.2. The van der Waals surface area contributed by atoms with Gasteiger partial charge in [0, 0.05) is 0 Å². The van der Waals surface area contributed by atoms with Crippen LogP contribution in [0, 0.1) is 0 Å². The van der Waals surface area contributed by atoms with Crippen LogP contribution in [-0.2, 0) is 10.0 Å². The van der Waals surface area contributed by atoms with Gasteiger partial charge in [-0.05, 0) is 18.2 Å². The Kier molecular flexibility index (Phi) is 3.78. The molecule has 0 aliphatic heterocycles. The smallest absolute Gasteiger partial charge is 0.422 e. The lowest BCUT2D eigenvalue weighted by Gasteiger charge is -2.08. The second-order valence-corrected chi connectivity index (χ2v) is 6.71. The molecule has 1 aromatic carbocycles. The number of hydrogen-bond donors (Lipinski definition) is 1. The summed E-state index contributed by atoms with van der Waals surface area (Å²) in [5.41, 5.74) is 0.473. The van der Waals surface area contributed by atoms with Gasteiger partial charge in [0.2, 0.25) is 10.0 Å². The summed E-state index contributed by atoms with van der Waals surface area (Å²) in [5, 5.41) is 0.149. The zero-order chi connectivity index (χ0) is 15.0. The van der Waals surface area contributed by atoms with Gasteiger partial charge in [-0.25, -0.2) is 13.4 Å². The molecule has 0 bridgehead atoms. The molecule has 0 fully saturated rings. The molecule has 0 saturated heterocycles. The average molecular weight is 326 g/mol. The van der Waals surface area contributed by atoms with E-state index < -0.39 is 22.8 Å². The molecule has 0 aliphatic rings. The fourth-order valence-corrected chi connectivity index (χ4v) is 3.09. The first-order chi connectivity index (χ1) is 9.12. The second-order valence-electron chi connectivity index (χ2n) is 3.93. The third kappa shape index (κ3) is 4.23. The first-order valence-corrected chi connectivity index (χ1v) is 7.91. The van der Waals surface area contributed by atoms with Crippen LogP contribution in [0.2, 0.25) is 0 Å². The molecule has 110 valence electrons. The number of nitrogens with one attached hydrogen (secondary N) is 1. The van der Waals surface area contributed by atoms with E-state index in [1.54, 1.807) is 0 Å². The Morgan fingerprint density at radius 3 is 2.70 bits per heavy atom. The number of benzene rings is 1. The zero-order valence-corrected chi connectivity index (χ0v) is 11.7. The normalized spacial score (nSPS) is 12.6. The summed E-state index contributed by atoms with van der Waals surface area (Å²) < 4.78 is 65.6. The minimum Gasteiger partial charge on any atom is -0.484 e. The van der Waals surface area contributed by atoms with Crippen molar-refractivity contribution in [3.63, 3.8) is 0 Å². The predicted molar refractivity (Wildman–Crippen MR) is 69.6 cm³/mol. The van der Waals surface area contributed by atoms with Crippen molar-refractivity contribution >= 4 is 36.7 Å². The highest BCUT2D eigenvalue weighted by Crippen LogP contribution is 2.30. The third-order valence-corrected chi connectivity index (χ3v) is 3.66. The highest BCUT2D eigenvalue weighted by molar-refractivity contribution is 7.92. The summed E-state index contributed by atoms with van der Waals surface area (Å²) in [6, 6.07) is 4.19. The summed E-state index contributed by atoms with van der Waals surface area (Å²) >= 11 is 1.01. The molecule has 2 rings (SSSR count). The van der Waals surface area contributed by atoms with Crippen LogP contribution in [0.3, 0.4) is 0 Å². The molecule has 20 heavy (non-hydrogen) atoms. The number of thiazole rings is 1. The number of alkyl halides is 3. The van der Waals surface area contributed by atoms with E-state index in [2.05, 4.69) is 14.4 Å². The van der Waals surface area contributed by atoms with Crippen LogP contribution in [-0.4, -0.2) is 32.4 Å². The summed E-state index contributed by atoms with van der Waals surface area (Å²) in [4.78, 5) is 4.00. The van der Waals surface area contributed by atoms with E-state index in [1.807, 2.05) is 0 Å². The van der Waals surface area contributed by atoms with Crippen molar-refractivity contribution in [1.82, 2.24) is 4.98 Å². The molecular weight excluding hydrogens is 317 g/mol. The second kappa shape index (κ2) is 5.09. The molecule has 2 aromatic rings. The van der Waals surface area contributed by atoms with Gasteiger partial charge in [0.25, 0.3) is 0 Å². The molecule has 1 heterocycles. The Balaban J connectivity index is 2.21. The zero-order valence-electron chi connectivity index (χ0n) is 10.1. The summed E-state index contributed by atoms with van der Waals surface area (Å²) in [6.07, 6.45) is -3.43. The van der Waals surface area contributed by atoms with Crippen LogP contribution in [0.4, 0.5) is 18.3 Å². The van der Waals surface area contributed by atoms with Gasteiger partial charge in [-0.3, -0.25) is 4.72 Å². The summed E-state index contributed by atoms with van der Waals surface area (Å²) in [5.74, 6) is 0.0457. The fraction of sp³-hybridized carbons (Fsp3) is 0.300. The van der Waals surface area contributed by atoms with Gasteiger partial charge in [-0.1, -0.05) is 11.3 Å². The van der Waals surface area contributed by atoms with Gasteiger partial charge in [-0.15, -0.1) is 0 Å². The quantitative estimate of drug-likeness (QED) is 0.938. The highest BCUT2D eigenvalue weighted by Gasteiger charge is 2.28. The number of aromatic nitrogens is 1. The first kappa shape index (κ1) is 14.9. The van der Waals surface area contributed by atoms with Crippen molar-refractivity contribution in [2.75, 3.05) is 17.6 Å². The maximum absolute atomic E-state index is 12.0. The standard InChI is InChI=1S/C10H9F3N2O3S2/c1-20(16,17)15-9-14-7-3-2-6(4-8(7)19-9)18-5-10(11,12)13/h2-4H,5H2,1H3,(H,14,15). The summed E-state index contributed by atoms with van der Waals surface area (Å²) in [6.45, 7) is -1.38. The van der Waals surface area contributed by atoms with E-state index in [-0.39, 0.29) is 10.9 Å². The Hall–Kier alpha value is -1.55. The third-order valence-electron chi connectivity index (χ3n) is 2.04. The number of fused-ring (bicyclic) bond motifs is 1. The Bertz CT molecular complexity index is 725. The number of hydrogen-bond acceptors (Lipinski definition) is 5. The van der Waals surface area contributed by atoms with E-state index in [4.69, 9.17) is 0 Å². The molecule has 0 unspecified atom stereocenters. The fourth-order valence-electron chi connectivity index (χ4n) is 1.36. The molecule has 0 radical (unpaired) electrons. The monoisotopic (exact) mass is 326 g/mol. The van der Waals surface area contributed by atoms with Crippen molar-refractivity contribution in [2.45, 2.75) is 6.18 Å². The molecule has 0 saturated carbocycles. The van der Waals surface area contributed by atoms with E-state index in [0.717, 1.165) is 17.6 Å². The van der Waals surface area contributed by atoms with Crippen LogP contribution in [0.5, 0.6) is 5.75 Å². The van der Waals surface area contributed by atoms with Crippen LogP contribution in [0.15, 0.2) is 18.2 Å². The molecule has 1 N–H and O–H groups in total. The Morgan fingerprint density at radius 2 is 2.10 bits per heavy atom. The largest absolute Gasteiger partial charge is 0.484 e. The minimum absolute atomic E-state index is 0.0457. The molecule has 0 atom stereocenters. The van der Waals surface area contributed by atoms with Crippen LogP contribution in [0.25, 0.3) is 10.2 Å². The maximum atomic E-state index is 12.0. The van der Waals surface area contributed by atoms with Crippen molar-refractivity contribution in [1.29, 1.82) is 0 Å². The van der Waals surface area contributed by atoms with Gasteiger partial charge in [0.15, 0.2) is 11.7 Å². The van der Waals surface area contributed by atoms with Crippen molar-refractivity contribution in [3.8, 4) is 5.75 Å². The lowest BCUT2D eigenvalue weighted by Crippen LogP contribution is -2.19. The van der Waals surface area contributed by atoms with Gasteiger partial charge in [0.05, 0.1) is 16.5 Å². The summed E-state index contributed by atoms with van der Waals surface area (Å²) in [7, 11) is -3.45. The van der Waals surface area contributed by atoms with Crippen molar-refractivity contribution < 1.29 is 26.3 Å². The lowest BCUT2D eigenvalue weighted by molar-refractivity contribution is -0.153. The number of rotatable bonds is 4. The Labute approximate surface area is 116 Å². The number of halogens is 3. The predicted octanol–water partition coefficient (Wildman–Crippen LogP) is 2.61. The molecule has 0 amide bonds. The number of anilines is 1. The average Bonchev–Trinajstić information content (AvgIpc) is 2.63. The van der Waals surface area contributed by atoms with Gasteiger partial charge >= 0.3 is 6.18 Å². The van der Waals surface area contributed by atoms with Crippen LogP contribution < -0.4 is 9.46 Å². The molecule has 5 nitrogen and oxygen atoms in total. The van der Waals surface area contributed by atoms with Crippen molar-refractivity contribution in [2.24, 2.45) is 0 Å².